The van der Waals surface area contributed by atoms with Crippen molar-refractivity contribution in [3.8, 4) is 6.07 Å². The van der Waals surface area contributed by atoms with Crippen LogP contribution in [0.1, 0.15) is 34.0 Å². The number of aryl methyl sites for hydroxylation is 2. The molecule has 2 aromatic rings. The first kappa shape index (κ1) is 13.4. The van der Waals surface area contributed by atoms with E-state index in [9.17, 15) is 0 Å². The average Bonchev–Trinajstić information content (AvgIpc) is 2.85. The third-order valence-electron chi connectivity index (χ3n) is 3.55. The van der Waals surface area contributed by atoms with E-state index in [2.05, 4.69) is 16.5 Å². The second-order valence-electron chi connectivity index (χ2n) is 4.72. The summed E-state index contributed by atoms with van der Waals surface area (Å²) in [5.74, 6) is 0.854. The van der Waals surface area contributed by atoms with Crippen LogP contribution in [0.15, 0.2) is 10.6 Å². The van der Waals surface area contributed by atoms with Crippen LogP contribution in [-0.2, 0) is 20.1 Å². The van der Waals surface area contributed by atoms with E-state index in [-0.39, 0.29) is 0 Å². The second kappa shape index (κ2) is 5.29. The first-order chi connectivity index (χ1) is 9.04. The van der Waals surface area contributed by atoms with Crippen molar-refractivity contribution >= 4 is 0 Å². The van der Waals surface area contributed by atoms with Crippen LogP contribution in [0.25, 0.3) is 0 Å². The standard InChI is InChI=1S/C14H18N4O/c1-9-14(11(3)19-17-9)8-16-7-12-5-13(6-15)18(4)10(12)2/h5,16H,7-8H2,1-4H3. The molecular formula is C14H18N4O. The summed E-state index contributed by atoms with van der Waals surface area (Å²) in [7, 11) is 1.91. The molecule has 0 aliphatic heterocycles. The maximum atomic E-state index is 8.99. The number of hydrogen-bond donors (Lipinski definition) is 1. The number of rotatable bonds is 4. The smallest absolute Gasteiger partial charge is 0.138 e. The van der Waals surface area contributed by atoms with E-state index in [0.29, 0.717) is 5.69 Å². The zero-order valence-corrected chi connectivity index (χ0v) is 11.7. The van der Waals surface area contributed by atoms with Crippen molar-refractivity contribution in [3.05, 3.63) is 40.0 Å². The summed E-state index contributed by atoms with van der Waals surface area (Å²) in [4.78, 5) is 0. The molecule has 0 aliphatic rings. The Kier molecular flexibility index (Phi) is 3.72. The molecule has 5 heteroatoms. The molecule has 19 heavy (non-hydrogen) atoms. The van der Waals surface area contributed by atoms with Gasteiger partial charge in [0.2, 0.25) is 0 Å². The van der Waals surface area contributed by atoms with Gasteiger partial charge in [0.1, 0.15) is 17.5 Å². The van der Waals surface area contributed by atoms with Crippen LogP contribution in [-0.4, -0.2) is 9.72 Å². The lowest BCUT2D eigenvalue weighted by Crippen LogP contribution is -2.14. The fraction of sp³-hybridized carbons (Fsp3) is 0.429. The van der Waals surface area contributed by atoms with Crippen LogP contribution in [0.2, 0.25) is 0 Å². The molecule has 0 spiro atoms. The van der Waals surface area contributed by atoms with Crippen LogP contribution in [0, 0.1) is 32.1 Å². The largest absolute Gasteiger partial charge is 0.361 e. The quantitative estimate of drug-likeness (QED) is 0.912. The number of nitrogens with one attached hydrogen (secondary N) is 1. The van der Waals surface area contributed by atoms with Gasteiger partial charge < -0.3 is 14.4 Å². The first-order valence-electron chi connectivity index (χ1n) is 6.22. The van der Waals surface area contributed by atoms with Crippen molar-refractivity contribution < 1.29 is 4.52 Å². The van der Waals surface area contributed by atoms with Gasteiger partial charge in [0, 0.05) is 31.4 Å². The van der Waals surface area contributed by atoms with Gasteiger partial charge in [-0.15, -0.1) is 0 Å². The third-order valence-corrected chi connectivity index (χ3v) is 3.55. The van der Waals surface area contributed by atoms with Crippen molar-refractivity contribution in [2.45, 2.75) is 33.9 Å². The van der Waals surface area contributed by atoms with Crippen LogP contribution in [0.4, 0.5) is 0 Å². The molecule has 100 valence electrons. The van der Waals surface area contributed by atoms with Gasteiger partial charge in [-0.05, 0) is 32.4 Å². The van der Waals surface area contributed by atoms with Crippen molar-refractivity contribution in [1.82, 2.24) is 15.0 Å². The minimum atomic E-state index is 0.687. The molecule has 2 heterocycles. The Morgan fingerprint density at radius 3 is 2.63 bits per heavy atom. The molecule has 0 amide bonds. The van der Waals surface area contributed by atoms with Crippen molar-refractivity contribution in [1.29, 1.82) is 5.26 Å². The predicted octanol–water partition coefficient (Wildman–Crippen LogP) is 2.10. The lowest BCUT2D eigenvalue weighted by molar-refractivity contribution is 0.392. The van der Waals surface area contributed by atoms with E-state index in [4.69, 9.17) is 9.78 Å². The fourth-order valence-corrected chi connectivity index (χ4v) is 2.13. The van der Waals surface area contributed by atoms with E-state index < -0.39 is 0 Å². The average molecular weight is 258 g/mol. The number of hydrogen-bond acceptors (Lipinski definition) is 4. The molecular weight excluding hydrogens is 240 g/mol. The van der Waals surface area contributed by atoms with Crippen molar-refractivity contribution in [2.75, 3.05) is 0 Å². The molecule has 0 aromatic carbocycles. The summed E-state index contributed by atoms with van der Waals surface area (Å²) in [5, 5.41) is 16.3. The molecule has 0 bridgehead atoms. The zero-order chi connectivity index (χ0) is 14.0. The molecule has 5 nitrogen and oxygen atoms in total. The molecule has 2 aromatic heterocycles. The minimum absolute atomic E-state index is 0.687. The molecule has 0 aliphatic carbocycles. The summed E-state index contributed by atoms with van der Waals surface area (Å²) < 4.78 is 7.03. The highest BCUT2D eigenvalue weighted by Crippen LogP contribution is 2.15. The zero-order valence-electron chi connectivity index (χ0n) is 11.7. The van der Waals surface area contributed by atoms with Gasteiger partial charge in [0.15, 0.2) is 0 Å². The normalized spacial score (nSPS) is 10.7. The highest BCUT2D eigenvalue weighted by atomic mass is 16.5. The lowest BCUT2D eigenvalue weighted by Gasteiger charge is -2.05. The Balaban J connectivity index is 2.03. The van der Waals surface area contributed by atoms with Gasteiger partial charge in [0.25, 0.3) is 0 Å². The van der Waals surface area contributed by atoms with Gasteiger partial charge in [-0.3, -0.25) is 0 Å². The number of aromatic nitrogens is 2. The molecule has 0 fully saturated rings. The first-order valence-corrected chi connectivity index (χ1v) is 6.22. The summed E-state index contributed by atoms with van der Waals surface area (Å²) in [6, 6.07) is 4.12. The summed E-state index contributed by atoms with van der Waals surface area (Å²) >= 11 is 0. The Morgan fingerprint density at radius 1 is 1.37 bits per heavy atom. The second-order valence-corrected chi connectivity index (χ2v) is 4.72. The van der Waals surface area contributed by atoms with E-state index in [0.717, 1.165) is 41.4 Å². The Hall–Kier alpha value is -2.06. The van der Waals surface area contributed by atoms with E-state index in [1.54, 1.807) is 0 Å². The van der Waals surface area contributed by atoms with Crippen molar-refractivity contribution in [2.24, 2.45) is 7.05 Å². The minimum Gasteiger partial charge on any atom is -0.361 e. The fourth-order valence-electron chi connectivity index (χ4n) is 2.13. The maximum Gasteiger partial charge on any atom is 0.138 e. The van der Waals surface area contributed by atoms with E-state index in [1.807, 2.05) is 38.5 Å². The molecule has 0 radical (unpaired) electrons. The van der Waals surface area contributed by atoms with Crippen molar-refractivity contribution in [3.63, 3.8) is 0 Å². The SMILES string of the molecule is Cc1noc(C)c1CNCc1cc(C#N)n(C)c1C. The predicted molar refractivity (Wildman–Crippen MR) is 71.4 cm³/mol. The van der Waals surface area contributed by atoms with Gasteiger partial charge in [0.05, 0.1) is 5.69 Å². The lowest BCUT2D eigenvalue weighted by atomic mass is 10.2. The molecule has 0 saturated heterocycles. The highest BCUT2D eigenvalue weighted by Gasteiger charge is 2.10. The van der Waals surface area contributed by atoms with Crippen LogP contribution in [0.3, 0.4) is 0 Å². The van der Waals surface area contributed by atoms with Crippen LogP contribution in [0.5, 0.6) is 0 Å². The summed E-state index contributed by atoms with van der Waals surface area (Å²) in [6.45, 7) is 7.32. The molecule has 2 rings (SSSR count). The summed E-state index contributed by atoms with van der Waals surface area (Å²) in [6.07, 6.45) is 0. The Labute approximate surface area is 112 Å². The topological polar surface area (TPSA) is 66.8 Å². The number of nitrogens with zero attached hydrogens (tertiary/aromatic N) is 3. The van der Waals surface area contributed by atoms with E-state index >= 15 is 0 Å². The van der Waals surface area contributed by atoms with Gasteiger partial charge >= 0.3 is 0 Å². The molecule has 0 saturated carbocycles. The molecule has 0 unspecified atom stereocenters. The Bertz CT molecular complexity index is 611. The van der Waals surface area contributed by atoms with Crippen LogP contribution >= 0.6 is 0 Å². The highest BCUT2D eigenvalue weighted by molar-refractivity contribution is 5.34. The van der Waals surface area contributed by atoms with Gasteiger partial charge in [-0.1, -0.05) is 5.16 Å². The third kappa shape index (κ3) is 2.54. The van der Waals surface area contributed by atoms with Crippen LogP contribution < -0.4 is 5.32 Å². The number of nitriles is 1. The van der Waals surface area contributed by atoms with E-state index in [1.165, 1.54) is 0 Å². The molecule has 1 N–H and O–H groups in total. The summed E-state index contributed by atoms with van der Waals surface area (Å²) in [5.41, 5.74) is 4.97. The van der Waals surface area contributed by atoms with Gasteiger partial charge in [-0.25, -0.2) is 0 Å². The maximum absolute atomic E-state index is 8.99. The molecule has 0 atom stereocenters. The Morgan fingerprint density at radius 2 is 2.11 bits per heavy atom. The van der Waals surface area contributed by atoms with Gasteiger partial charge in [-0.2, -0.15) is 5.26 Å². The monoisotopic (exact) mass is 258 g/mol.